The maximum atomic E-state index is 12.0. The summed E-state index contributed by atoms with van der Waals surface area (Å²) < 4.78 is 41.0. The minimum atomic E-state index is -4.37. The first-order valence-corrected chi connectivity index (χ1v) is 15.0. The molecular formula is C28H36O4SSi. The molecule has 0 saturated heterocycles. The number of rotatable bonds is 7. The van der Waals surface area contributed by atoms with Crippen molar-refractivity contribution < 1.29 is 17.4 Å². The molecule has 0 saturated carbocycles. The monoisotopic (exact) mass is 496 g/mol. The Hall–Kier alpha value is -2.41. The SMILES string of the molecule is CC(C)(C)CCc1ccc(S(=O)(=O)O)cc1O[Si](c1ccccc1)(c1ccccc1)C(C)(C)C. The van der Waals surface area contributed by atoms with Crippen LogP contribution in [0.1, 0.15) is 53.5 Å². The highest BCUT2D eigenvalue weighted by Gasteiger charge is 2.52. The van der Waals surface area contributed by atoms with Crippen molar-refractivity contribution in [1.82, 2.24) is 0 Å². The van der Waals surface area contributed by atoms with Crippen molar-refractivity contribution >= 4 is 28.8 Å². The van der Waals surface area contributed by atoms with Gasteiger partial charge in [-0.2, -0.15) is 8.42 Å². The van der Waals surface area contributed by atoms with Crippen molar-refractivity contribution in [2.24, 2.45) is 5.41 Å². The van der Waals surface area contributed by atoms with Gasteiger partial charge < -0.3 is 4.43 Å². The van der Waals surface area contributed by atoms with Gasteiger partial charge in [0.2, 0.25) is 0 Å². The largest absolute Gasteiger partial charge is 0.534 e. The van der Waals surface area contributed by atoms with Gasteiger partial charge in [-0.25, -0.2) is 0 Å². The summed E-state index contributed by atoms with van der Waals surface area (Å²) in [5.74, 6) is 0.522. The molecule has 0 fully saturated rings. The number of hydrogen-bond donors (Lipinski definition) is 1. The summed E-state index contributed by atoms with van der Waals surface area (Å²) in [6, 6.07) is 25.2. The van der Waals surface area contributed by atoms with E-state index in [1.54, 1.807) is 6.07 Å². The van der Waals surface area contributed by atoms with Crippen molar-refractivity contribution in [3.05, 3.63) is 84.4 Å². The quantitative estimate of drug-likeness (QED) is 0.329. The fraction of sp³-hybridized carbons (Fsp3) is 0.357. The Balaban J connectivity index is 2.29. The predicted octanol–water partition coefficient (Wildman–Crippen LogP) is 5.85. The second-order valence-electron chi connectivity index (χ2n) is 11.1. The van der Waals surface area contributed by atoms with E-state index in [9.17, 15) is 13.0 Å². The second kappa shape index (κ2) is 9.68. The molecule has 0 amide bonds. The Labute approximate surface area is 205 Å². The van der Waals surface area contributed by atoms with Gasteiger partial charge in [0.05, 0.1) is 4.90 Å². The van der Waals surface area contributed by atoms with Gasteiger partial charge in [0.15, 0.2) is 0 Å². The maximum absolute atomic E-state index is 12.0. The lowest BCUT2D eigenvalue weighted by Crippen LogP contribution is -2.68. The van der Waals surface area contributed by atoms with Crippen molar-refractivity contribution in [2.45, 2.75) is 64.3 Å². The Morgan fingerprint density at radius 2 is 1.29 bits per heavy atom. The fourth-order valence-electron chi connectivity index (χ4n) is 4.32. The average molecular weight is 497 g/mol. The zero-order valence-electron chi connectivity index (χ0n) is 21.0. The molecule has 0 bridgehead atoms. The lowest BCUT2D eigenvalue weighted by molar-refractivity contribution is 0.375. The van der Waals surface area contributed by atoms with Crippen LogP contribution in [0.5, 0.6) is 5.75 Å². The van der Waals surface area contributed by atoms with Gasteiger partial charge >= 0.3 is 8.32 Å². The Bertz CT molecular complexity index is 1170. The Morgan fingerprint density at radius 3 is 1.71 bits per heavy atom. The zero-order valence-corrected chi connectivity index (χ0v) is 22.8. The molecule has 182 valence electrons. The van der Waals surface area contributed by atoms with E-state index in [-0.39, 0.29) is 15.3 Å². The van der Waals surface area contributed by atoms with E-state index >= 15 is 0 Å². The molecule has 34 heavy (non-hydrogen) atoms. The molecule has 1 N–H and O–H groups in total. The Kier molecular flexibility index (Phi) is 7.46. The van der Waals surface area contributed by atoms with Gasteiger partial charge in [-0.1, -0.05) is 108 Å². The molecule has 0 aliphatic rings. The van der Waals surface area contributed by atoms with Gasteiger partial charge in [-0.05, 0) is 45.3 Å². The molecule has 0 atom stereocenters. The van der Waals surface area contributed by atoms with Gasteiger partial charge in [0.25, 0.3) is 10.1 Å². The van der Waals surface area contributed by atoms with E-state index in [0.29, 0.717) is 5.75 Å². The number of benzene rings is 3. The van der Waals surface area contributed by atoms with E-state index in [2.05, 4.69) is 65.8 Å². The molecule has 3 rings (SSSR count). The van der Waals surface area contributed by atoms with Crippen LogP contribution in [0.3, 0.4) is 0 Å². The molecule has 0 aromatic heterocycles. The summed E-state index contributed by atoms with van der Waals surface area (Å²) in [5, 5.41) is 1.94. The predicted molar refractivity (Wildman–Crippen MR) is 142 cm³/mol. The van der Waals surface area contributed by atoms with E-state index < -0.39 is 18.4 Å². The molecule has 3 aromatic rings. The van der Waals surface area contributed by atoms with Gasteiger partial charge in [0.1, 0.15) is 5.75 Å². The van der Waals surface area contributed by atoms with Gasteiger partial charge in [0, 0.05) is 6.07 Å². The highest BCUT2D eigenvalue weighted by molar-refractivity contribution is 7.85. The maximum Gasteiger partial charge on any atom is 0.319 e. The molecule has 6 heteroatoms. The summed E-state index contributed by atoms with van der Waals surface area (Å²) in [6.07, 6.45) is 1.65. The summed E-state index contributed by atoms with van der Waals surface area (Å²) in [4.78, 5) is -0.153. The van der Waals surface area contributed by atoms with E-state index in [0.717, 1.165) is 28.8 Å². The molecular weight excluding hydrogens is 460 g/mol. The van der Waals surface area contributed by atoms with E-state index in [4.69, 9.17) is 4.43 Å². The summed E-state index contributed by atoms with van der Waals surface area (Å²) in [6.45, 7) is 13.1. The highest BCUT2D eigenvalue weighted by Crippen LogP contribution is 2.39. The van der Waals surface area contributed by atoms with Crippen LogP contribution in [0.2, 0.25) is 5.04 Å². The van der Waals surface area contributed by atoms with E-state index in [1.807, 2.05) is 36.4 Å². The first-order chi connectivity index (χ1) is 15.7. The molecule has 3 aromatic carbocycles. The van der Waals surface area contributed by atoms with Crippen molar-refractivity contribution in [3.8, 4) is 5.75 Å². The Morgan fingerprint density at radius 1 is 0.794 bits per heavy atom. The molecule has 0 spiro atoms. The lowest BCUT2D eigenvalue weighted by atomic mass is 9.88. The van der Waals surface area contributed by atoms with Crippen molar-refractivity contribution in [2.75, 3.05) is 0 Å². The first kappa shape index (κ1) is 26.2. The van der Waals surface area contributed by atoms with Crippen LogP contribution in [-0.4, -0.2) is 21.3 Å². The molecule has 0 aliphatic heterocycles. The van der Waals surface area contributed by atoms with Crippen molar-refractivity contribution in [1.29, 1.82) is 0 Å². The highest BCUT2D eigenvalue weighted by atomic mass is 32.2. The number of aryl methyl sites for hydroxylation is 1. The fourth-order valence-corrected chi connectivity index (χ4v) is 9.27. The lowest BCUT2D eigenvalue weighted by Gasteiger charge is -2.43. The minimum absolute atomic E-state index is 0.108. The molecule has 0 unspecified atom stereocenters. The third-order valence-electron chi connectivity index (χ3n) is 6.16. The summed E-state index contributed by atoms with van der Waals surface area (Å²) in [7, 11) is -7.33. The minimum Gasteiger partial charge on any atom is -0.534 e. The molecule has 0 radical (unpaired) electrons. The topological polar surface area (TPSA) is 63.6 Å². The molecule has 0 heterocycles. The summed E-state index contributed by atoms with van der Waals surface area (Å²) in [5.41, 5.74) is 1.05. The zero-order chi connectivity index (χ0) is 25.2. The van der Waals surface area contributed by atoms with Crippen LogP contribution >= 0.6 is 0 Å². The number of hydrogen-bond acceptors (Lipinski definition) is 3. The van der Waals surface area contributed by atoms with Gasteiger partial charge in [-0.3, -0.25) is 4.55 Å². The smallest absolute Gasteiger partial charge is 0.319 e. The van der Waals surface area contributed by atoms with Crippen LogP contribution in [0.4, 0.5) is 0 Å². The third-order valence-corrected chi connectivity index (χ3v) is 11.9. The van der Waals surface area contributed by atoms with Crippen LogP contribution < -0.4 is 14.8 Å². The first-order valence-electron chi connectivity index (χ1n) is 11.6. The normalized spacial score (nSPS) is 13.0. The standard InChI is InChI=1S/C28H36O4SSi/c1-27(2,3)20-19-22-17-18-23(33(29,30)31)21-26(22)32-34(28(4,5)6,24-13-9-7-10-14-24)25-15-11-8-12-16-25/h7-18,21H,19-20H2,1-6H3,(H,29,30,31). The van der Waals surface area contributed by atoms with Crippen molar-refractivity contribution in [3.63, 3.8) is 0 Å². The molecule has 0 aliphatic carbocycles. The second-order valence-corrected chi connectivity index (χ2v) is 16.7. The summed E-state index contributed by atoms with van der Waals surface area (Å²) >= 11 is 0. The van der Waals surface area contributed by atoms with Crippen LogP contribution in [-0.2, 0) is 16.5 Å². The van der Waals surface area contributed by atoms with Crippen LogP contribution in [0, 0.1) is 5.41 Å². The average Bonchev–Trinajstić information content (AvgIpc) is 2.75. The van der Waals surface area contributed by atoms with Crippen LogP contribution in [0.25, 0.3) is 0 Å². The van der Waals surface area contributed by atoms with Crippen LogP contribution in [0.15, 0.2) is 83.8 Å². The van der Waals surface area contributed by atoms with E-state index in [1.165, 1.54) is 12.1 Å². The molecule has 4 nitrogen and oxygen atoms in total. The van der Waals surface area contributed by atoms with Gasteiger partial charge in [-0.15, -0.1) is 0 Å². The third kappa shape index (κ3) is 5.80.